The third-order valence-electron chi connectivity index (χ3n) is 2.20. The molecule has 0 amide bonds. The monoisotopic (exact) mass is 173 g/mol. The number of ether oxygens (including phenoxy) is 3. The molecule has 2 heterocycles. The van der Waals surface area contributed by atoms with E-state index >= 15 is 0 Å². The zero-order valence-electron chi connectivity index (χ0n) is 7.20. The molecule has 0 aromatic rings. The molecule has 0 saturated carbocycles. The first-order valence-corrected chi connectivity index (χ1v) is 4.48. The highest BCUT2D eigenvalue weighted by Gasteiger charge is 2.20. The Balaban J connectivity index is 1.69. The minimum absolute atomic E-state index is 0.00287. The molecule has 0 N–H and O–H groups in total. The molecule has 4 nitrogen and oxygen atoms in total. The summed E-state index contributed by atoms with van der Waals surface area (Å²) in [5, 5.41) is 0. The first kappa shape index (κ1) is 8.44. The van der Waals surface area contributed by atoms with E-state index in [4.69, 9.17) is 14.2 Å². The number of nitrogens with zero attached hydrogens (tertiary/aromatic N) is 1. The van der Waals surface area contributed by atoms with E-state index in [0.717, 1.165) is 46.1 Å². The van der Waals surface area contributed by atoms with E-state index in [1.807, 2.05) is 0 Å². The minimum Gasteiger partial charge on any atom is -0.379 e. The molecule has 12 heavy (non-hydrogen) atoms. The molecule has 0 unspecified atom stereocenters. The van der Waals surface area contributed by atoms with E-state index in [0.29, 0.717) is 0 Å². The molecule has 0 aliphatic carbocycles. The Morgan fingerprint density at radius 3 is 2.33 bits per heavy atom. The van der Waals surface area contributed by atoms with Gasteiger partial charge >= 0.3 is 0 Å². The second-order valence-electron chi connectivity index (χ2n) is 3.08. The number of hydrogen-bond acceptors (Lipinski definition) is 4. The van der Waals surface area contributed by atoms with Crippen LogP contribution in [0.1, 0.15) is 0 Å². The Bertz CT molecular complexity index is 130. The van der Waals surface area contributed by atoms with Gasteiger partial charge in [0.1, 0.15) is 0 Å². The van der Waals surface area contributed by atoms with E-state index in [1.54, 1.807) is 0 Å². The predicted molar refractivity (Wildman–Crippen MR) is 43.0 cm³/mol. The van der Waals surface area contributed by atoms with Crippen molar-refractivity contribution in [3.63, 3.8) is 0 Å². The van der Waals surface area contributed by atoms with Gasteiger partial charge < -0.3 is 14.2 Å². The van der Waals surface area contributed by atoms with Gasteiger partial charge in [-0.25, -0.2) is 0 Å². The molecule has 0 aromatic heterocycles. The van der Waals surface area contributed by atoms with Crippen molar-refractivity contribution >= 4 is 0 Å². The fourth-order valence-electron chi connectivity index (χ4n) is 1.51. The second-order valence-corrected chi connectivity index (χ2v) is 3.08. The maximum Gasteiger partial charge on any atom is 0.170 e. The molecule has 0 atom stereocenters. The summed E-state index contributed by atoms with van der Waals surface area (Å²) in [4.78, 5) is 2.32. The Hall–Kier alpha value is -0.160. The highest BCUT2D eigenvalue weighted by atomic mass is 16.7. The van der Waals surface area contributed by atoms with Crippen LogP contribution in [0.25, 0.3) is 0 Å². The third-order valence-corrected chi connectivity index (χ3v) is 2.20. The van der Waals surface area contributed by atoms with Crippen LogP contribution < -0.4 is 0 Å². The lowest BCUT2D eigenvalue weighted by atomic mass is 10.4. The lowest BCUT2D eigenvalue weighted by Gasteiger charge is -2.27. The summed E-state index contributed by atoms with van der Waals surface area (Å²) < 4.78 is 15.9. The summed E-state index contributed by atoms with van der Waals surface area (Å²) in [6.45, 7) is 6.07. The summed E-state index contributed by atoms with van der Waals surface area (Å²) >= 11 is 0. The topological polar surface area (TPSA) is 30.9 Å². The van der Waals surface area contributed by atoms with E-state index in [-0.39, 0.29) is 6.29 Å². The van der Waals surface area contributed by atoms with Gasteiger partial charge in [-0.3, -0.25) is 4.90 Å². The van der Waals surface area contributed by atoms with Crippen LogP contribution in [0.5, 0.6) is 0 Å². The maximum absolute atomic E-state index is 5.35. The van der Waals surface area contributed by atoms with Crippen molar-refractivity contribution in [1.29, 1.82) is 0 Å². The predicted octanol–water partition coefficient (Wildman–Crippen LogP) is -0.308. The summed E-state index contributed by atoms with van der Waals surface area (Å²) in [5.74, 6) is 0. The summed E-state index contributed by atoms with van der Waals surface area (Å²) in [7, 11) is 0. The van der Waals surface area contributed by atoms with Crippen molar-refractivity contribution in [1.82, 2.24) is 4.90 Å². The maximum atomic E-state index is 5.35. The van der Waals surface area contributed by atoms with E-state index < -0.39 is 0 Å². The highest BCUT2D eigenvalue weighted by Crippen LogP contribution is 2.07. The quantitative estimate of drug-likeness (QED) is 0.573. The molecule has 2 aliphatic heterocycles. The zero-order valence-corrected chi connectivity index (χ0v) is 7.20. The van der Waals surface area contributed by atoms with Gasteiger partial charge in [0, 0.05) is 19.6 Å². The normalized spacial score (nSPS) is 28.0. The SMILES string of the molecule is C1CN(CC2OCCO2)CCO1. The molecule has 2 aliphatic rings. The average Bonchev–Trinajstić information content (AvgIpc) is 2.59. The van der Waals surface area contributed by atoms with E-state index in [2.05, 4.69) is 4.90 Å². The van der Waals surface area contributed by atoms with Crippen LogP contribution in [0.2, 0.25) is 0 Å². The third kappa shape index (κ3) is 2.17. The Morgan fingerprint density at radius 1 is 1.00 bits per heavy atom. The molecule has 70 valence electrons. The van der Waals surface area contributed by atoms with Gasteiger partial charge in [0.2, 0.25) is 0 Å². The molecular weight excluding hydrogens is 158 g/mol. The molecule has 0 bridgehead atoms. The molecule has 4 heteroatoms. The van der Waals surface area contributed by atoms with Gasteiger partial charge in [-0.1, -0.05) is 0 Å². The van der Waals surface area contributed by atoms with Crippen molar-refractivity contribution in [2.45, 2.75) is 6.29 Å². The van der Waals surface area contributed by atoms with Gasteiger partial charge in [-0.05, 0) is 0 Å². The van der Waals surface area contributed by atoms with Crippen LogP contribution in [0.15, 0.2) is 0 Å². The summed E-state index contributed by atoms with van der Waals surface area (Å²) in [6.07, 6.45) is 0.00287. The van der Waals surface area contributed by atoms with Crippen molar-refractivity contribution < 1.29 is 14.2 Å². The largest absolute Gasteiger partial charge is 0.379 e. The Kier molecular flexibility index (Phi) is 2.94. The van der Waals surface area contributed by atoms with E-state index in [9.17, 15) is 0 Å². The fraction of sp³-hybridized carbons (Fsp3) is 1.00. The molecule has 0 spiro atoms. The zero-order chi connectivity index (χ0) is 8.23. The highest BCUT2D eigenvalue weighted by molar-refractivity contribution is 4.65. The van der Waals surface area contributed by atoms with Gasteiger partial charge in [0.05, 0.1) is 26.4 Å². The van der Waals surface area contributed by atoms with Gasteiger partial charge in [0.15, 0.2) is 6.29 Å². The van der Waals surface area contributed by atoms with Gasteiger partial charge in [0.25, 0.3) is 0 Å². The number of hydrogen-bond donors (Lipinski definition) is 0. The fourth-order valence-corrected chi connectivity index (χ4v) is 1.51. The average molecular weight is 173 g/mol. The Morgan fingerprint density at radius 2 is 1.67 bits per heavy atom. The molecule has 0 radical (unpaired) electrons. The lowest BCUT2D eigenvalue weighted by Crippen LogP contribution is -2.41. The lowest BCUT2D eigenvalue weighted by molar-refractivity contribution is -0.0765. The standard InChI is InChI=1S/C8H15NO3/c1-3-10-4-2-9(1)7-8-11-5-6-12-8/h8H,1-7H2. The van der Waals surface area contributed by atoms with Crippen LogP contribution in [0.3, 0.4) is 0 Å². The van der Waals surface area contributed by atoms with Crippen LogP contribution in [-0.2, 0) is 14.2 Å². The van der Waals surface area contributed by atoms with Crippen molar-refractivity contribution in [3.05, 3.63) is 0 Å². The van der Waals surface area contributed by atoms with Gasteiger partial charge in [-0.2, -0.15) is 0 Å². The van der Waals surface area contributed by atoms with Crippen molar-refractivity contribution in [3.8, 4) is 0 Å². The molecule has 0 aromatic carbocycles. The first-order chi connectivity index (χ1) is 5.95. The smallest absolute Gasteiger partial charge is 0.170 e. The second kappa shape index (κ2) is 4.18. The molecular formula is C8H15NO3. The van der Waals surface area contributed by atoms with Crippen LogP contribution in [0.4, 0.5) is 0 Å². The summed E-state index contributed by atoms with van der Waals surface area (Å²) in [6, 6.07) is 0. The number of morpholine rings is 1. The molecule has 2 fully saturated rings. The van der Waals surface area contributed by atoms with E-state index in [1.165, 1.54) is 0 Å². The van der Waals surface area contributed by atoms with Crippen molar-refractivity contribution in [2.24, 2.45) is 0 Å². The minimum atomic E-state index is 0.00287. The molecule has 2 saturated heterocycles. The van der Waals surface area contributed by atoms with Crippen LogP contribution >= 0.6 is 0 Å². The van der Waals surface area contributed by atoms with Crippen LogP contribution in [0, 0.1) is 0 Å². The number of rotatable bonds is 2. The summed E-state index contributed by atoms with van der Waals surface area (Å²) in [5.41, 5.74) is 0. The Labute approximate surface area is 72.4 Å². The first-order valence-electron chi connectivity index (χ1n) is 4.48. The van der Waals surface area contributed by atoms with Gasteiger partial charge in [-0.15, -0.1) is 0 Å². The van der Waals surface area contributed by atoms with Crippen molar-refractivity contribution in [2.75, 3.05) is 46.1 Å². The molecule has 2 rings (SSSR count). The van der Waals surface area contributed by atoms with Crippen LogP contribution in [-0.4, -0.2) is 57.3 Å².